The van der Waals surface area contributed by atoms with Crippen LogP contribution in [-0.2, 0) is 4.79 Å². The van der Waals surface area contributed by atoms with Crippen LogP contribution in [0.3, 0.4) is 0 Å². The minimum absolute atomic E-state index is 0.181. The van der Waals surface area contributed by atoms with Gasteiger partial charge >= 0.3 is 0 Å². The van der Waals surface area contributed by atoms with Crippen molar-refractivity contribution < 1.29 is 4.79 Å². The number of rotatable bonds is 7. The Morgan fingerprint density at radius 1 is 1.50 bits per heavy atom. The first kappa shape index (κ1) is 15.4. The van der Waals surface area contributed by atoms with Gasteiger partial charge in [0.1, 0.15) is 0 Å². The SMILES string of the molecule is CCC(C)N(C)CCNC(=O)C1(CC)CCCN1. The zero-order valence-electron chi connectivity index (χ0n) is 12.4. The largest absolute Gasteiger partial charge is 0.353 e. The van der Waals surface area contributed by atoms with E-state index < -0.39 is 0 Å². The summed E-state index contributed by atoms with van der Waals surface area (Å²) in [6, 6.07) is 0.576. The minimum Gasteiger partial charge on any atom is -0.353 e. The summed E-state index contributed by atoms with van der Waals surface area (Å²) in [7, 11) is 2.11. The Labute approximate surface area is 111 Å². The molecule has 1 saturated heterocycles. The van der Waals surface area contributed by atoms with Crippen LogP contribution in [0, 0.1) is 0 Å². The van der Waals surface area contributed by atoms with Crippen LogP contribution in [0.1, 0.15) is 46.5 Å². The van der Waals surface area contributed by atoms with Gasteiger partial charge in [-0.05, 0) is 46.2 Å². The lowest BCUT2D eigenvalue weighted by Crippen LogP contribution is -2.54. The number of hydrogen-bond donors (Lipinski definition) is 2. The highest BCUT2D eigenvalue weighted by atomic mass is 16.2. The van der Waals surface area contributed by atoms with Crippen molar-refractivity contribution in [1.29, 1.82) is 0 Å². The van der Waals surface area contributed by atoms with Gasteiger partial charge in [-0.2, -0.15) is 0 Å². The van der Waals surface area contributed by atoms with Gasteiger partial charge < -0.3 is 15.5 Å². The Balaban J connectivity index is 2.32. The van der Waals surface area contributed by atoms with Crippen LogP contribution in [0.2, 0.25) is 0 Å². The highest BCUT2D eigenvalue weighted by Gasteiger charge is 2.38. The molecule has 1 fully saturated rings. The van der Waals surface area contributed by atoms with Crippen LogP contribution in [0.25, 0.3) is 0 Å². The lowest BCUT2D eigenvalue weighted by molar-refractivity contribution is -0.127. The number of likely N-dealkylation sites (N-methyl/N-ethyl adjacent to an activating group) is 1. The van der Waals surface area contributed by atoms with Crippen molar-refractivity contribution >= 4 is 5.91 Å². The Kier molecular flexibility index (Phi) is 6.09. The van der Waals surface area contributed by atoms with E-state index in [4.69, 9.17) is 0 Å². The monoisotopic (exact) mass is 255 g/mol. The molecule has 2 unspecified atom stereocenters. The summed E-state index contributed by atoms with van der Waals surface area (Å²) >= 11 is 0. The predicted octanol–water partition coefficient (Wildman–Crippen LogP) is 1.37. The molecule has 0 radical (unpaired) electrons. The van der Waals surface area contributed by atoms with Gasteiger partial charge in [0.15, 0.2) is 0 Å². The van der Waals surface area contributed by atoms with Gasteiger partial charge in [0, 0.05) is 19.1 Å². The van der Waals surface area contributed by atoms with Crippen molar-refractivity contribution in [3.05, 3.63) is 0 Å². The molecule has 0 spiro atoms. The van der Waals surface area contributed by atoms with E-state index in [1.807, 2.05) is 0 Å². The van der Waals surface area contributed by atoms with Gasteiger partial charge in [-0.1, -0.05) is 13.8 Å². The molecule has 18 heavy (non-hydrogen) atoms. The van der Waals surface area contributed by atoms with Gasteiger partial charge in [0.25, 0.3) is 0 Å². The highest BCUT2D eigenvalue weighted by Crippen LogP contribution is 2.22. The van der Waals surface area contributed by atoms with Crippen LogP contribution in [0.15, 0.2) is 0 Å². The van der Waals surface area contributed by atoms with Crippen molar-refractivity contribution in [1.82, 2.24) is 15.5 Å². The number of carbonyl (C=O) groups is 1. The number of nitrogens with one attached hydrogen (secondary N) is 2. The molecule has 1 heterocycles. The van der Waals surface area contributed by atoms with Crippen LogP contribution < -0.4 is 10.6 Å². The number of amides is 1. The van der Waals surface area contributed by atoms with E-state index in [9.17, 15) is 4.79 Å². The first-order valence-corrected chi connectivity index (χ1v) is 7.29. The smallest absolute Gasteiger partial charge is 0.240 e. The molecule has 4 nitrogen and oxygen atoms in total. The molecule has 0 aromatic rings. The summed E-state index contributed by atoms with van der Waals surface area (Å²) in [4.78, 5) is 14.5. The zero-order chi connectivity index (χ0) is 13.6. The molecular formula is C14H29N3O. The van der Waals surface area contributed by atoms with Crippen molar-refractivity contribution in [3.63, 3.8) is 0 Å². The molecule has 1 rings (SSSR count). The third-order valence-electron chi connectivity index (χ3n) is 4.38. The lowest BCUT2D eigenvalue weighted by atomic mass is 9.93. The standard InChI is InChI=1S/C14H29N3O/c1-5-12(3)17(4)11-10-15-13(18)14(6-2)8-7-9-16-14/h12,16H,5-11H2,1-4H3,(H,15,18). The molecule has 0 aromatic heterocycles. The topological polar surface area (TPSA) is 44.4 Å². The fraction of sp³-hybridized carbons (Fsp3) is 0.929. The normalized spacial score (nSPS) is 25.4. The van der Waals surface area contributed by atoms with Crippen molar-refractivity contribution in [3.8, 4) is 0 Å². The maximum atomic E-state index is 12.2. The first-order chi connectivity index (χ1) is 8.55. The van der Waals surface area contributed by atoms with E-state index in [0.29, 0.717) is 6.04 Å². The zero-order valence-corrected chi connectivity index (χ0v) is 12.4. The van der Waals surface area contributed by atoms with E-state index in [-0.39, 0.29) is 11.4 Å². The average Bonchev–Trinajstić information content (AvgIpc) is 2.87. The molecule has 0 saturated carbocycles. The summed E-state index contributed by atoms with van der Waals surface area (Å²) in [6.45, 7) is 9.11. The Bertz CT molecular complexity index is 262. The fourth-order valence-electron chi connectivity index (χ4n) is 2.51. The Morgan fingerprint density at radius 3 is 2.72 bits per heavy atom. The predicted molar refractivity (Wildman–Crippen MR) is 75.7 cm³/mol. The lowest BCUT2D eigenvalue weighted by Gasteiger charge is -2.28. The van der Waals surface area contributed by atoms with Crippen molar-refractivity contribution in [2.24, 2.45) is 0 Å². The maximum absolute atomic E-state index is 12.2. The summed E-state index contributed by atoms with van der Waals surface area (Å²) in [5.41, 5.74) is -0.297. The van der Waals surface area contributed by atoms with Crippen molar-refractivity contribution in [2.75, 3.05) is 26.7 Å². The molecule has 0 aromatic carbocycles. The fourth-order valence-corrected chi connectivity index (χ4v) is 2.51. The second-order valence-corrected chi connectivity index (χ2v) is 5.46. The van der Waals surface area contributed by atoms with E-state index >= 15 is 0 Å². The molecule has 2 atom stereocenters. The minimum atomic E-state index is -0.297. The van der Waals surface area contributed by atoms with Gasteiger partial charge in [0.05, 0.1) is 5.54 Å². The average molecular weight is 255 g/mol. The summed E-state index contributed by atoms with van der Waals surface area (Å²) in [5.74, 6) is 0.181. The first-order valence-electron chi connectivity index (χ1n) is 7.29. The summed E-state index contributed by atoms with van der Waals surface area (Å²) in [6.07, 6.45) is 4.09. The quantitative estimate of drug-likeness (QED) is 0.722. The van der Waals surface area contributed by atoms with Gasteiger partial charge in [-0.3, -0.25) is 4.79 Å². The number of carbonyl (C=O) groups excluding carboxylic acids is 1. The van der Waals surface area contributed by atoms with Crippen LogP contribution >= 0.6 is 0 Å². The van der Waals surface area contributed by atoms with Gasteiger partial charge in [0.2, 0.25) is 5.91 Å². The van der Waals surface area contributed by atoms with Gasteiger partial charge in [-0.25, -0.2) is 0 Å². The molecule has 1 amide bonds. The molecule has 0 aliphatic carbocycles. The van der Waals surface area contributed by atoms with Crippen LogP contribution in [-0.4, -0.2) is 49.1 Å². The van der Waals surface area contributed by atoms with E-state index in [1.54, 1.807) is 0 Å². The number of hydrogen-bond acceptors (Lipinski definition) is 3. The molecule has 1 aliphatic rings. The maximum Gasteiger partial charge on any atom is 0.240 e. The second kappa shape index (κ2) is 7.10. The van der Waals surface area contributed by atoms with Crippen LogP contribution in [0.4, 0.5) is 0 Å². The number of nitrogens with zero attached hydrogens (tertiary/aromatic N) is 1. The molecule has 2 N–H and O–H groups in total. The molecular weight excluding hydrogens is 226 g/mol. The Morgan fingerprint density at radius 2 is 2.22 bits per heavy atom. The molecule has 0 bridgehead atoms. The van der Waals surface area contributed by atoms with Crippen LogP contribution in [0.5, 0.6) is 0 Å². The summed E-state index contributed by atoms with van der Waals surface area (Å²) in [5, 5.41) is 6.45. The Hall–Kier alpha value is -0.610. The van der Waals surface area contributed by atoms with E-state index in [1.165, 1.54) is 0 Å². The van der Waals surface area contributed by atoms with E-state index in [2.05, 4.69) is 43.4 Å². The highest BCUT2D eigenvalue weighted by molar-refractivity contribution is 5.86. The van der Waals surface area contributed by atoms with E-state index in [0.717, 1.165) is 45.3 Å². The van der Waals surface area contributed by atoms with Gasteiger partial charge in [-0.15, -0.1) is 0 Å². The molecule has 4 heteroatoms. The molecule has 106 valence electrons. The second-order valence-electron chi connectivity index (χ2n) is 5.46. The molecule has 1 aliphatic heterocycles. The summed E-state index contributed by atoms with van der Waals surface area (Å²) < 4.78 is 0. The van der Waals surface area contributed by atoms with Crippen molar-refractivity contribution in [2.45, 2.75) is 58.0 Å². The third kappa shape index (κ3) is 3.69. The third-order valence-corrected chi connectivity index (χ3v) is 4.38.